The molecule has 1 aromatic rings. The first-order valence-corrected chi connectivity index (χ1v) is 8.81. The Morgan fingerprint density at radius 2 is 1.80 bits per heavy atom. The van der Waals surface area contributed by atoms with Crippen LogP contribution in [-0.4, -0.2) is 31.2 Å². The molecular formula is C11H15NO6S2. The van der Waals surface area contributed by atoms with E-state index in [-0.39, 0.29) is 30.0 Å². The summed E-state index contributed by atoms with van der Waals surface area (Å²) in [7, 11) is -8.86. The summed E-state index contributed by atoms with van der Waals surface area (Å²) >= 11 is 0. The third-order valence-electron chi connectivity index (χ3n) is 3.59. The lowest BCUT2D eigenvalue weighted by molar-refractivity contribution is 0.444. The summed E-state index contributed by atoms with van der Waals surface area (Å²) in [6.45, 7) is 1.72. The highest BCUT2D eigenvalue weighted by Gasteiger charge is 2.36. The minimum Gasteiger partial charge on any atom is -0.398 e. The largest absolute Gasteiger partial charge is 0.398 e. The first-order valence-electron chi connectivity index (χ1n) is 5.87. The molecule has 2 rings (SSSR count). The van der Waals surface area contributed by atoms with Gasteiger partial charge in [-0.2, -0.15) is 16.8 Å². The lowest BCUT2D eigenvalue weighted by Gasteiger charge is -2.29. The summed E-state index contributed by atoms with van der Waals surface area (Å²) < 4.78 is 64.0. The molecule has 0 spiro atoms. The highest BCUT2D eigenvalue weighted by Crippen LogP contribution is 2.39. The third kappa shape index (κ3) is 2.66. The second kappa shape index (κ2) is 4.69. The van der Waals surface area contributed by atoms with Crippen molar-refractivity contribution in [2.24, 2.45) is 0 Å². The van der Waals surface area contributed by atoms with Gasteiger partial charge < -0.3 is 5.73 Å². The van der Waals surface area contributed by atoms with Crippen molar-refractivity contribution in [3.05, 3.63) is 23.3 Å². The molecule has 1 aliphatic carbocycles. The lowest BCUT2D eigenvalue weighted by Crippen LogP contribution is -2.30. The number of fused-ring (bicyclic) bond motifs is 1. The summed E-state index contributed by atoms with van der Waals surface area (Å²) in [5, 5.41) is -1.10. The molecule has 7 nitrogen and oxygen atoms in total. The highest BCUT2D eigenvalue weighted by molar-refractivity contribution is 7.86. The van der Waals surface area contributed by atoms with E-state index in [1.165, 1.54) is 6.07 Å². The van der Waals surface area contributed by atoms with E-state index in [2.05, 4.69) is 0 Å². The van der Waals surface area contributed by atoms with Crippen LogP contribution in [0.15, 0.2) is 17.0 Å². The van der Waals surface area contributed by atoms with Crippen LogP contribution >= 0.6 is 0 Å². The molecule has 2 unspecified atom stereocenters. The number of hydrogen-bond acceptors (Lipinski definition) is 5. The molecule has 0 saturated heterocycles. The van der Waals surface area contributed by atoms with Gasteiger partial charge in [0.1, 0.15) is 4.90 Å². The van der Waals surface area contributed by atoms with Crippen LogP contribution in [0.4, 0.5) is 5.69 Å². The number of hydrogen-bond donors (Lipinski definition) is 3. The van der Waals surface area contributed by atoms with Gasteiger partial charge in [0.25, 0.3) is 20.2 Å². The second-order valence-corrected chi connectivity index (χ2v) is 8.06. The molecule has 20 heavy (non-hydrogen) atoms. The highest BCUT2D eigenvalue weighted by atomic mass is 32.2. The summed E-state index contributed by atoms with van der Waals surface area (Å²) in [5.74, 6) is -0.272. The molecule has 2 atom stereocenters. The molecule has 0 amide bonds. The predicted octanol–water partition coefficient (Wildman–Crippen LogP) is 0.822. The van der Waals surface area contributed by atoms with Crippen LogP contribution in [0.5, 0.6) is 0 Å². The van der Waals surface area contributed by atoms with E-state index in [0.29, 0.717) is 5.56 Å². The van der Waals surface area contributed by atoms with Crippen LogP contribution in [0.2, 0.25) is 0 Å². The zero-order valence-electron chi connectivity index (χ0n) is 10.6. The van der Waals surface area contributed by atoms with E-state index >= 15 is 0 Å². The Hall–Kier alpha value is -1.16. The van der Waals surface area contributed by atoms with Crippen molar-refractivity contribution in [3.8, 4) is 0 Å². The van der Waals surface area contributed by atoms with Crippen molar-refractivity contribution >= 4 is 25.9 Å². The van der Waals surface area contributed by atoms with Crippen molar-refractivity contribution in [1.82, 2.24) is 0 Å². The van der Waals surface area contributed by atoms with Gasteiger partial charge in [-0.3, -0.25) is 9.11 Å². The van der Waals surface area contributed by atoms with Crippen LogP contribution in [0.3, 0.4) is 0 Å². The van der Waals surface area contributed by atoms with Crippen LogP contribution < -0.4 is 5.73 Å². The fraction of sp³-hybridized carbons (Fsp3) is 0.455. The molecule has 0 saturated carbocycles. The van der Waals surface area contributed by atoms with E-state index in [9.17, 15) is 25.9 Å². The fourth-order valence-electron chi connectivity index (χ4n) is 2.70. The van der Waals surface area contributed by atoms with E-state index in [1.54, 1.807) is 13.0 Å². The zero-order chi connectivity index (χ0) is 15.3. The molecule has 0 aromatic heterocycles. The Kier molecular flexibility index (Phi) is 3.57. The number of nitrogen functional groups attached to an aromatic ring is 1. The summed E-state index contributed by atoms with van der Waals surface area (Å²) in [4.78, 5) is -0.463. The molecule has 9 heteroatoms. The Balaban J connectivity index is 2.70. The molecule has 112 valence electrons. The maximum atomic E-state index is 11.5. The molecular weight excluding hydrogens is 306 g/mol. The van der Waals surface area contributed by atoms with Crippen LogP contribution in [0.1, 0.15) is 30.4 Å². The second-order valence-electron chi connectivity index (χ2n) is 5.00. The zero-order valence-corrected chi connectivity index (χ0v) is 12.3. The van der Waals surface area contributed by atoms with Crippen molar-refractivity contribution in [1.29, 1.82) is 0 Å². The molecule has 0 bridgehead atoms. The van der Waals surface area contributed by atoms with Gasteiger partial charge in [-0.1, -0.05) is 13.0 Å². The first kappa shape index (κ1) is 15.2. The molecule has 4 N–H and O–H groups in total. The fourth-order valence-corrected chi connectivity index (χ4v) is 4.48. The average Bonchev–Trinajstić information content (AvgIpc) is 2.24. The van der Waals surface area contributed by atoms with Crippen LogP contribution in [0.25, 0.3) is 0 Å². The topological polar surface area (TPSA) is 135 Å². The van der Waals surface area contributed by atoms with Crippen molar-refractivity contribution in [2.75, 3.05) is 5.73 Å². The number of rotatable bonds is 2. The Labute approximate surface area is 117 Å². The molecule has 0 radical (unpaired) electrons. The van der Waals surface area contributed by atoms with Crippen LogP contribution in [-0.2, 0) is 26.7 Å². The van der Waals surface area contributed by atoms with Gasteiger partial charge in [-0.05, 0) is 36.0 Å². The minimum absolute atomic E-state index is 0.144. The quantitative estimate of drug-likeness (QED) is 0.542. The van der Waals surface area contributed by atoms with E-state index in [0.717, 1.165) is 0 Å². The van der Waals surface area contributed by atoms with Gasteiger partial charge in [0.2, 0.25) is 0 Å². The molecule has 1 aliphatic rings. The maximum Gasteiger partial charge on any atom is 0.296 e. The predicted molar refractivity (Wildman–Crippen MR) is 72.7 cm³/mol. The van der Waals surface area contributed by atoms with Crippen molar-refractivity contribution in [3.63, 3.8) is 0 Å². The normalized spacial score (nSPS) is 23.4. The van der Waals surface area contributed by atoms with Gasteiger partial charge in [-0.25, -0.2) is 0 Å². The van der Waals surface area contributed by atoms with Gasteiger partial charge >= 0.3 is 0 Å². The van der Waals surface area contributed by atoms with Crippen LogP contribution in [0, 0.1) is 0 Å². The molecule has 0 fully saturated rings. The number of benzene rings is 1. The monoisotopic (exact) mass is 321 g/mol. The summed E-state index contributed by atoms with van der Waals surface area (Å²) in [5.41, 5.74) is 6.21. The Bertz CT molecular complexity index is 753. The Morgan fingerprint density at radius 3 is 2.30 bits per heavy atom. The van der Waals surface area contributed by atoms with Gasteiger partial charge in [0.05, 0.1) is 10.9 Å². The van der Waals surface area contributed by atoms with Gasteiger partial charge in [0, 0.05) is 0 Å². The smallest absolute Gasteiger partial charge is 0.296 e. The number of nitrogens with two attached hydrogens (primary N) is 1. The molecule has 0 aliphatic heterocycles. The number of anilines is 1. The van der Waals surface area contributed by atoms with E-state index in [4.69, 9.17) is 5.73 Å². The standard InChI is InChI=1S/C11H15NO6S2/c1-6-4-7(19(13,14)15)5-9-8(6)2-3-10(12)11(9)20(16,17)18/h2-3,6-7H,4-5,12H2,1H3,(H,13,14,15)(H,16,17,18). The maximum absolute atomic E-state index is 11.5. The lowest BCUT2D eigenvalue weighted by atomic mass is 9.83. The first-order chi connectivity index (χ1) is 9.01. The Morgan fingerprint density at radius 1 is 1.20 bits per heavy atom. The minimum atomic E-state index is -4.57. The SMILES string of the molecule is CC1CC(S(=O)(=O)O)Cc2c1ccc(N)c2S(=O)(=O)O. The van der Waals surface area contributed by atoms with E-state index in [1.807, 2.05) is 0 Å². The van der Waals surface area contributed by atoms with Crippen molar-refractivity contribution < 1.29 is 25.9 Å². The third-order valence-corrected chi connectivity index (χ3v) is 5.79. The molecule has 1 aromatic carbocycles. The van der Waals surface area contributed by atoms with Gasteiger partial charge in [-0.15, -0.1) is 0 Å². The summed E-state index contributed by atoms with van der Waals surface area (Å²) in [6.07, 6.45) is -0.0145. The molecule has 0 heterocycles. The van der Waals surface area contributed by atoms with Gasteiger partial charge in [0.15, 0.2) is 0 Å². The average molecular weight is 321 g/mol. The summed E-state index contributed by atoms with van der Waals surface area (Å²) in [6, 6.07) is 2.98. The van der Waals surface area contributed by atoms with Crippen molar-refractivity contribution in [2.45, 2.75) is 35.8 Å². The van der Waals surface area contributed by atoms with E-state index < -0.39 is 30.4 Å².